The molecule has 0 radical (unpaired) electrons. The molecule has 2 fully saturated rings. The Balaban J connectivity index is 1.21. The van der Waals surface area contributed by atoms with E-state index >= 15 is 8.78 Å². The Kier molecular flexibility index (Phi) is 7.22. The van der Waals surface area contributed by atoms with Crippen LogP contribution in [0.1, 0.15) is 52.5 Å². The van der Waals surface area contributed by atoms with Crippen LogP contribution in [0.4, 0.5) is 25.0 Å². The number of nitrogens with zero attached hydrogens (tertiary/aromatic N) is 4. The Hall–Kier alpha value is -3.69. The molecular weight excluding hydrogens is 504 g/mol. The summed E-state index contributed by atoms with van der Waals surface area (Å²) in [5.74, 6) is -1.39. The molecule has 2 atom stereocenters. The number of amides is 2. The SMILES string of the molecule is CCn1ccc2cc(NC(=O)CCc3cc(F)c(N4CC5CCC(C4)N5C(=O)OC(C)(C)C)cc3F)cnc21. The molecule has 3 aromatic rings. The second-order valence-electron chi connectivity index (χ2n) is 11.4. The zero-order chi connectivity index (χ0) is 27.9. The van der Waals surface area contributed by atoms with Gasteiger partial charge in [0.1, 0.15) is 22.9 Å². The van der Waals surface area contributed by atoms with Crippen LogP contribution in [0.3, 0.4) is 0 Å². The fraction of sp³-hybridized carbons (Fsp3) is 0.483. The molecule has 2 saturated heterocycles. The molecule has 0 aliphatic carbocycles. The van der Waals surface area contributed by atoms with Crippen LogP contribution >= 0.6 is 0 Å². The van der Waals surface area contributed by atoms with Crippen LogP contribution in [-0.4, -0.2) is 57.2 Å². The van der Waals surface area contributed by atoms with E-state index in [1.54, 1.807) is 11.1 Å². The number of hydrogen-bond donors (Lipinski definition) is 1. The summed E-state index contributed by atoms with van der Waals surface area (Å²) in [5, 5.41) is 3.71. The van der Waals surface area contributed by atoms with Gasteiger partial charge in [0.05, 0.1) is 29.7 Å². The molecule has 0 saturated carbocycles. The highest BCUT2D eigenvalue weighted by Gasteiger charge is 2.44. The number of fused-ring (bicyclic) bond motifs is 3. The fourth-order valence-corrected chi connectivity index (χ4v) is 5.60. The van der Waals surface area contributed by atoms with Crippen LogP contribution in [0, 0.1) is 11.6 Å². The van der Waals surface area contributed by atoms with Crippen molar-refractivity contribution in [2.75, 3.05) is 23.3 Å². The van der Waals surface area contributed by atoms with Gasteiger partial charge in [0.15, 0.2) is 0 Å². The van der Waals surface area contributed by atoms with Crippen molar-refractivity contribution in [3.8, 4) is 0 Å². The lowest BCUT2D eigenvalue weighted by molar-refractivity contribution is -0.116. The zero-order valence-electron chi connectivity index (χ0n) is 22.8. The van der Waals surface area contributed by atoms with Crippen molar-refractivity contribution >= 4 is 34.4 Å². The molecule has 208 valence electrons. The number of pyridine rings is 1. The van der Waals surface area contributed by atoms with E-state index in [-0.39, 0.29) is 48.2 Å². The third-order valence-corrected chi connectivity index (χ3v) is 7.39. The molecule has 10 heteroatoms. The molecule has 2 aromatic heterocycles. The van der Waals surface area contributed by atoms with Gasteiger partial charge in [-0.2, -0.15) is 0 Å². The molecule has 8 nitrogen and oxygen atoms in total. The lowest BCUT2D eigenvalue weighted by atomic mass is 10.1. The first-order chi connectivity index (χ1) is 18.5. The molecule has 2 amide bonds. The second-order valence-corrected chi connectivity index (χ2v) is 11.4. The Morgan fingerprint density at radius 2 is 1.82 bits per heavy atom. The van der Waals surface area contributed by atoms with Crippen molar-refractivity contribution in [2.45, 2.75) is 77.6 Å². The maximum atomic E-state index is 15.2. The average Bonchev–Trinajstić information content (AvgIpc) is 3.40. The number of hydrogen-bond acceptors (Lipinski definition) is 5. The van der Waals surface area contributed by atoms with E-state index in [0.717, 1.165) is 30.4 Å². The van der Waals surface area contributed by atoms with Gasteiger partial charge in [-0.05, 0) is 70.7 Å². The Morgan fingerprint density at radius 3 is 2.49 bits per heavy atom. The van der Waals surface area contributed by atoms with Gasteiger partial charge in [-0.1, -0.05) is 0 Å². The molecule has 5 rings (SSSR count). The Bertz CT molecular complexity index is 1390. The number of piperazine rings is 1. The minimum atomic E-state index is -0.596. The van der Waals surface area contributed by atoms with E-state index in [0.29, 0.717) is 18.8 Å². The number of anilines is 2. The smallest absolute Gasteiger partial charge is 0.410 e. The topological polar surface area (TPSA) is 79.7 Å². The standard InChI is InChI=1S/C29H35F2N5O3/c1-5-34-11-10-19-12-20(15-32-27(19)34)33-26(37)9-6-18-13-24(31)25(14-23(18)30)35-16-21-7-8-22(17-35)36(21)28(38)39-29(2,3)4/h10-15,21-22H,5-9,16-17H2,1-4H3,(H,33,37). The number of benzene rings is 1. The third-order valence-electron chi connectivity index (χ3n) is 7.39. The zero-order valence-corrected chi connectivity index (χ0v) is 22.8. The van der Waals surface area contributed by atoms with Crippen LogP contribution in [0.5, 0.6) is 0 Å². The monoisotopic (exact) mass is 539 g/mol. The second kappa shape index (κ2) is 10.5. The molecule has 2 aliphatic rings. The summed E-state index contributed by atoms with van der Waals surface area (Å²) in [5.41, 5.74) is 1.13. The molecule has 4 heterocycles. The minimum absolute atomic E-state index is 0.00241. The summed E-state index contributed by atoms with van der Waals surface area (Å²) in [6, 6.07) is 5.95. The molecular formula is C29H35F2N5O3. The average molecular weight is 540 g/mol. The predicted octanol–water partition coefficient (Wildman–Crippen LogP) is 5.49. The van der Waals surface area contributed by atoms with Gasteiger partial charge in [0.2, 0.25) is 5.91 Å². The number of carbonyl (C=O) groups excluding carboxylic acids is 2. The molecule has 39 heavy (non-hydrogen) atoms. The third kappa shape index (κ3) is 5.69. The van der Waals surface area contributed by atoms with Crippen molar-refractivity contribution in [1.29, 1.82) is 0 Å². The van der Waals surface area contributed by atoms with Crippen LogP contribution in [-0.2, 0) is 22.5 Å². The molecule has 0 spiro atoms. The number of carbonyl (C=O) groups is 2. The lowest BCUT2D eigenvalue weighted by Crippen LogP contribution is -2.57. The van der Waals surface area contributed by atoms with Crippen molar-refractivity contribution < 1.29 is 23.1 Å². The van der Waals surface area contributed by atoms with E-state index in [1.165, 1.54) is 12.1 Å². The summed E-state index contributed by atoms with van der Waals surface area (Å²) >= 11 is 0. The summed E-state index contributed by atoms with van der Waals surface area (Å²) in [7, 11) is 0. The van der Waals surface area contributed by atoms with E-state index in [9.17, 15) is 9.59 Å². The number of aromatic nitrogens is 2. The lowest BCUT2D eigenvalue weighted by Gasteiger charge is -2.42. The highest BCUT2D eigenvalue weighted by molar-refractivity contribution is 5.92. The first-order valence-corrected chi connectivity index (χ1v) is 13.5. The quantitative estimate of drug-likeness (QED) is 0.448. The van der Waals surface area contributed by atoms with Gasteiger partial charge < -0.3 is 19.5 Å². The summed E-state index contributed by atoms with van der Waals surface area (Å²) in [6.45, 7) is 9.13. The van der Waals surface area contributed by atoms with E-state index in [2.05, 4.69) is 10.3 Å². The molecule has 1 aromatic carbocycles. The van der Waals surface area contributed by atoms with E-state index in [4.69, 9.17) is 4.74 Å². The normalized spacial score (nSPS) is 19.0. The number of halogens is 2. The van der Waals surface area contributed by atoms with Crippen LogP contribution in [0.2, 0.25) is 0 Å². The van der Waals surface area contributed by atoms with Gasteiger partial charge in [0, 0.05) is 43.7 Å². The Labute approximate surface area is 226 Å². The van der Waals surface area contributed by atoms with Crippen molar-refractivity contribution in [1.82, 2.24) is 14.5 Å². The summed E-state index contributed by atoms with van der Waals surface area (Å²) in [4.78, 5) is 33.2. The summed E-state index contributed by atoms with van der Waals surface area (Å²) < 4.78 is 37.8. The number of rotatable bonds is 6. The largest absolute Gasteiger partial charge is 0.444 e. The number of aryl methyl sites for hydroxylation is 2. The number of nitrogens with one attached hydrogen (secondary N) is 1. The van der Waals surface area contributed by atoms with E-state index in [1.807, 2.05) is 55.5 Å². The van der Waals surface area contributed by atoms with Gasteiger partial charge in [-0.25, -0.2) is 18.6 Å². The first-order valence-electron chi connectivity index (χ1n) is 13.5. The maximum Gasteiger partial charge on any atom is 0.410 e. The fourth-order valence-electron chi connectivity index (χ4n) is 5.60. The van der Waals surface area contributed by atoms with Crippen LogP contribution < -0.4 is 10.2 Å². The van der Waals surface area contributed by atoms with Crippen molar-refractivity contribution in [3.63, 3.8) is 0 Å². The Morgan fingerprint density at radius 1 is 1.10 bits per heavy atom. The van der Waals surface area contributed by atoms with Gasteiger partial charge >= 0.3 is 6.09 Å². The highest BCUT2D eigenvalue weighted by Crippen LogP contribution is 2.35. The van der Waals surface area contributed by atoms with Gasteiger partial charge in [-0.15, -0.1) is 0 Å². The molecule has 2 unspecified atom stereocenters. The van der Waals surface area contributed by atoms with Crippen LogP contribution in [0.15, 0.2) is 36.7 Å². The van der Waals surface area contributed by atoms with Gasteiger partial charge in [0.25, 0.3) is 0 Å². The molecule has 2 bridgehead atoms. The van der Waals surface area contributed by atoms with Crippen molar-refractivity contribution in [2.24, 2.45) is 0 Å². The van der Waals surface area contributed by atoms with Crippen LogP contribution in [0.25, 0.3) is 11.0 Å². The number of ether oxygens (including phenoxy) is 1. The highest BCUT2D eigenvalue weighted by atomic mass is 19.1. The van der Waals surface area contributed by atoms with E-state index < -0.39 is 17.2 Å². The summed E-state index contributed by atoms with van der Waals surface area (Å²) in [6.07, 6.45) is 4.84. The predicted molar refractivity (Wildman–Crippen MR) is 146 cm³/mol. The van der Waals surface area contributed by atoms with Crippen molar-refractivity contribution in [3.05, 3.63) is 53.9 Å². The van der Waals surface area contributed by atoms with Gasteiger partial charge in [-0.3, -0.25) is 9.69 Å². The first kappa shape index (κ1) is 26.9. The molecule has 1 N–H and O–H groups in total. The molecule has 2 aliphatic heterocycles. The maximum absolute atomic E-state index is 15.2. The minimum Gasteiger partial charge on any atom is -0.444 e.